The normalized spacial score (nSPS) is 31.2. The summed E-state index contributed by atoms with van der Waals surface area (Å²) in [7, 11) is 0. The fraction of sp³-hybridized carbons (Fsp3) is 0.481. The Balaban J connectivity index is 0.000000179. The molecule has 5 aliphatic rings. The van der Waals surface area contributed by atoms with Crippen LogP contribution >= 0.6 is 0 Å². The van der Waals surface area contributed by atoms with E-state index < -0.39 is 11.9 Å². The van der Waals surface area contributed by atoms with E-state index in [0.717, 1.165) is 43.4 Å². The minimum atomic E-state index is -0.579. The van der Waals surface area contributed by atoms with Gasteiger partial charge in [-0.25, -0.2) is 9.59 Å². The molecule has 9 nitrogen and oxygen atoms in total. The summed E-state index contributed by atoms with van der Waals surface area (Å²) >= 11 is 0. The van der Waals surface area contributed by atoms with Crippen molar-refractivity contribution in [1.82, 2.24) is 0 Å². The Morgan fingerprint density at radius 2 is 1.31 bits per heavy atom. The van der Waals surface area contributed by atoms with Crippen molar-refractivity contribution in [2.45, 2.75) is 46.5 Å². The summed E-state index contributed by atoms with van der Waals surface area (Å²) < 4.78 is 13.1. The van der Waals surface area contributed by atoms with E-state index in [-0.39, 0.29) is 47.5 Å². The van der Waals surface area contributed by atoms with Gasteiger partial charge in [-0.2, -0.15) is 0 Å². The van der Waals surface area contributed by atoms with Crippen molar-refractivity contribution < 1.29 is 43.0 Å². The van der Waals surface area contributed by atoms with Crippen LogP contribution in [0.3, 0.4) is 0 Å². The van der Waals surface area contributed by atoms with E-state index in [4.69, 9.17) is 0 Å². The summed E-state index contributed by atoms with van der Waals surface area (Å²) in [4.78, 5) is 64.2. The van der Waals surface area contributed by atoms with Crippen LogP contribution in [0.1, 0.15) is 46.5 Å². The van der Waals surface area contributed by atoms with E-state index in [0.29, 0.717) is 11.8 Å². The Morgan fingerprint density at radius 3 is 1.83 bits per heavy atom. The SMILES string of the molecule is C=CC(=C)C.CC1C=CC2C(=O)OC(=O)C2C1.CC1CCC2C(=O)OC(=O)C2C1.O=C1C=CC(=O)O1. The van der Waals surface area contributed by atoms with Gasteiger partial charge in [0.1, 0.15) is 0 Å². The molecule has 2 aliphatic carbocycles. The van der Waals surface area contributed by atoms with E-state index in [1.54, 1.807) is 12.2 Å². The van der Waals surface area contributed by atoms with Gasteiger partial charge in [0, 0.05) is 12.2 Å². The quantitative estimate of drug-likeness (QED) is 0.175. The molecule has 6 atom stereocenters. The molecule has 3 heterocycles. The number of cyclic esters (lactones) is 6. The van der Waals surface area contributed by atoms with Gasteiger partial charge < -0.3 is 14.2 Å². The molecule has 9 heteroatoms. The Morgan fingerprint density at radius 1 is 0.778 bits per heavy atom. The lowest BCUT2D eigenvalue weighted by Gasteiger charge is -2.24. The van der Waals surface area contributed by atoms with E-state index in [1.807, 2.05) is 19.9 Å². The molecule has 6 unspecified atom stereocenters. The number of rotatable bonds is 1. The highest BCUT2D eigenvalue weighted by Crippen LogP contribution is 2.39. The van der Waals surface area contributed by atoms with Crippen molar-refractivity contribution in [1.29, 1.82) is 0 Å². The summed E-state index contributed by atoms with van der Waals surface area (Å²) in [6.45, 7) is 13.1. The van der Waals surface area contributed by atoms with Gasteiger partial charge in [-0.3, -0.25) is 19.2 Å². The van der Waals surface area contributed by atoms with Crippen molar-refractivity contribution >= 4 is 35.8 Å². The lowest BCUT2D eigenvalue weighted by Crippen LogP contribution is -2.25. The van der Waals surface area contributed by atoms with Crippen molar-refractivity contribution in [3.05, 3.63) is 49.1 Å². The average Bonchev–Trinajstić information content (AvgIpc) is 3.43. The van der Waals surface area contributed by atoms with E-state index in [9.17, 15) is 28.8 Å². The minimum Gasteiger partial charge on any atom is -0.393 e. The van der Waals surface area contributed by atoms with Gasteiger partial charge in [0.25, 0.3) is 0 Å². The molecular formula is C27H32O9. The van der Waals surface area contributed by atoms with Gasteiger partial charge in [0.05, 0.1) is 23.7 Å². The monoisotopic (exact) mass is 500 g/mol. The van der Waals surface area contributed by atoms with Crippen LogP contribution in [0.15, 0.2) is 49.1 Å². The average molecular weight is 501 g/mol. The molecule has 5 rings (SSSR count). The highest BCUT2D eigenvalue weighted by molar-refractivity contribution is 6.05. The van der Waals surface area contributed by atoms with E-state index in [2.05, 4.69) is 34.3 Å². The van der Waals surface area contributed by atoms with Crippen LogP contribution in [0.5, 0.6) is 0 Å². The van der Waals surface area contributed by atoms with Crippen molar-refractivity contribution in [2.24, 2.45) is 35.5 Å². The van der Waals surface area contributed by atoms with Crippen molar-refractivity contribution in [2.75, 3.05) is 0 Å². The predicted octanol–water partition coefficient (Wildman–Crippen LogP) is 3.39. The van der Waals surface area contributed by atoms with Crippen molar-refractivity contribution in [3.63, 3.8) is 0 Å². The fourth-order valence-electron chi connectivity index (χ4n) is 4.28. The first kappa shape index (κ1) is 28.6. The number of hydrogen-bond donors (Lipinski definition) is 0. The zero-order valence-corrected chi connectivity index (χ0v) is 20.8. The van der Waals surface area contributed by atoms with Gasteiger partial charge in [-0.15, -0.1) is 0 Å². The van der Waals surface area contributed by atoms with Gasteiger partial charge >= 0.3 is 35.8 Å². The van der Waals surface area contributed by atoms with Crippen molar-refractivity contribution in [3.8, 4) is 0 Å². The molecule has 1 saturated carbocycles. The summed E-state index contributed by atoms with van der Waals surface area (Å²) in [5, 5.41) is 0. The number of fused-ring (bicyclic) bond motifs is 2. The molecule has 2 saturated heterocycles. The molecular weight excluding hydrogens is 468 g/mol. The van der Waals surface area contributed by atoms with Gasteiger partial charge in [-0.1, -0.05) is 50.8 Å². The molecule has 0 radical (unpaired) electrons. The number of esters is 6. The fourth-order valence-corrected chi connectivity index (χ4v) is 4.28. The maximum Gasteiger partial charge on any atom is 0.338 e. The zero-order valence-electron chi connectivity index (χ0n) is 20.8. The Bertz CT molecular complexity index is 987. The number of carbonyl (C=O) groups is 6. The second-order valence-electron chi connectivity index (χ2n) is 9.47. The summed E-state index contributed by atoms with van der Waals surface area (Å²) in [6.07, 6.45) is 11.1. The minimum absolute atomic E-state index is 0.117. The summed E-state index contributed by atoms with van der Waals surface area (Å²) in [5.41, 5.74) is 1.02. The maximum absolute atomic E-state index is 11.1. The number of carbonyl (C=O) groups excluding carboxylic acids is 6. The molecule has 3 aliphatic heterocycles. The molecule has 0 spiro atoms. The highest BCUT2D eigenvalue weighted by atomic mass is 16.6. The first-order valence-corrected chi connectivity index (χ1v) is 11.8. The molecule has 36 heavy (non-hydrogen) atoms. The topological polar surface area (TPSA) is 130 Å². The molecule has 0 aromatic rings. The van der Waals surface area contributed by atoms with Gasteiger partial charge in [-0.05, 0) is 44.4 Å². The van der Waals surface area contributed by atoms with E-state index >= 15 is 0 Å². The standard InChI is InChI=1S/C9H12O3.C9H10O3.C5H8.C4H2O3/c2*1-5-2-3-6-7(4-5)9(11)12-8(6)10;1-4-5(2)3;5-3-1-2-4(6)7-3/h5-7H,2-4H2,1H3;2-3,5-7H,4H2,1H3;4H,1-2H2,3H3;1-2H. The van der Waals surface area contributed by atoms with Crippen LogP contribution in [0.25, 0.3) is 0 Å². The third-order valence-electron chi connectivity index (χ3n) is 6.31. The number of hydrogen-bond acceptors (Lipinski definition) is 9. The van der Waals surface area contributed by atoms with Gasteiger partial charge in [0.15, 0.2) is 0 Å². The first-order valence-electron chi connectivity index (χ1n) is 11.8. The molecule has 0 N–H and O–H groups in total. The molecule has 0 aromatic carbocycles. The molecule has 0 aromatic heterocycles. The number of ether oxygens (including phenoxy) is 3. The lowest BCUT2D eigenvalue weighted by molar-refractivity contribution is -0.155. The van der Waals surface area contributed by atoms with Crippen LogP contribution in [0, 0.1) is 35.5 Å². The smallest absolute Gasteiger partial charge is 0.338 e. The Kier molecular flexibility index (Phi) is 10.3. The van der Waals surface area contributed by atoms with Crippen LogP contribution in [0.4, 0.5) is 0 Å². The third-order valence-corrected chi connectivity index (χ3v) is 6.31. The predicted molar refractivity (Wildman–Crippen MR) is 127 cm³/mol. The number of allylic oxidation sites excluding steroid dienone is 3. The first-order chi connectivity index (χ1) is 16.9. The largest absolute Gasteiger partial charge is 0.393 e. The highest BCUT2D eigenvalue weighted by Gasteiger charge is 2.46. The Labute approximate surface area is 210 Å². The van der Waals surface area contributed by atoms with Crippen LogP contribution in [-0.4, -0.2) is 35.8 Å². The maximum atomic E-state index is 11.1. The zero-order chi connectivity index (χ0) is 27.0. The van der Waals surface area contributed by atoms with E-state index in [1.165, 1.54) is 0 Å². The summed E-state index contributed by atoms with van der Waals surface area (Å²) in [5.74, 6) is -2.28. The molecule has 0 bridgehead atoms. The second kappa shape index (κ2) is 12.9. The molecule has 194 valence electrons. The Hall–Kier alpha value is -3.62. The molecule has 3 fully saturated rings. The van der Waals surface area contributed by atoms with Gasteiger partial charge in [0.2, 0.25) is 0 Å². The second-order valence-corrected chi connectivity index (χ2v) is 9.47. The van der Waals surface area contributed by atoms with Crippen LogP contribution in [0.2, 0.25) is 0 Å². The molecule has 0 amide bonds. The van der Waals surface area contributed by atoms with Crippen LogP contribution in [-0.2, 0) is 43.0 Å². The van der Waals surface area contributed by atoms with Crippen LogP contribution < -0.4 is 0 Å². The third kappa shape index (κ3) is 7.96. The summed E-state index contributed by atoms with van der Waals surface area (Å²) in [6, 6.07) is 0. The lowest BCUT2D eigenvalue weighted by atomic mass is 9.76.